The van der Waals surface area contributed by atoms with Crippen LogP contribution < -0.4 is 0 Å². The molecule has 12 heteroatoms. The molecule has 0 aliphatic carbocycles. The zero-order valence-electron chi connectivity index (χ0n) is 44.9. The van der Waals surface area contributed by atoms with Crippen molar-refractivity contribution in [2.75, 3.05) is 0 Å². The number of unbranched alkanes of at least 4 members (excludes halogenated alkanes) is 9. The fourth-order valence-electron chi connectivity index (χ4n) is 10.5. The van der Waals surface area contributed by atoms with E-state index in [0.717, 1.165) is 144 Å². The molecule has 2 heterocycles. The average molecular weight is 1040 g/mol. The Balaban J connectivity index is 0.968. The van der Waals surface area contributed by atoms with E-state index in [0.29, 0.717) is 53.1 Å². The summed E-state index contributed by atoms with van der Waals surface area (Å²) in [5.41, 5.74) is 10.1. The van der Waals surface area contributed by atoms with Crippen LogP contribution in [0.15, 0.2) is 168 Å². The van der Waals surface area contributed by atoms with Gasteiger partial charge in [0.2, 0.25) is 0 Å². The van der Waals surface area contributed by atoms with Crippen molar-refractivity contribution in [2.45, 2.75) is 124 Å². The number of hydrogen-bond acceptors (Lipinski definition) is 9. The van der Waals surface area contributed by atoms with Crippen molar-refractivity contribution in [3.8, 4) is 0 Å². The molecule has 2 aromatic heterocycles. The predicted molar refractivity (Wildman–Crippen MR) is 313 cm³/mol. The summed E-state index contributed by atoms with van der Waals surface area (Å²) in [6.07, 6.45) is 13.1. The van der Waals surface area contributed by atoms with Crippen molar-refractivity contribution in [1.82, 2.24) is 9.13 Å². The van der Waals surface area contributed by atoms with Gasteiger partial charge in [-0.3, -0.25) is 14.9 Å². The van der Waals surface area contributed by atoms with Gasteiger partial charge in [0.15, 0.2) is 5.78 Å². The summed E-state index contributed by atoms with van der Waals surface area (Å²) in [5, 5.41) is 24.6. The highest BCUT2D eigenvalue weighted by molar-refractivity contribution is 6.17. The lowest BCUT2D eigenvalue weighted by molar-refractivity contribution is -0.384. The standard InChI is InChI=1S/C66H67N5O7/c1-4-6-8-18-30-58(67-77-65(73)47-25-14-12-15-26-47)49-32-36-60-54(42-49)56-44-51(64(72)53-29-21-20-24-46(53)3)34-38-62(56)69(60)40-22-10-11-23-41-70-61-37-33-50(43-55(61)57-45-52(71(75)76)35-39-63(57)70)59(31-19-9-7-5-2)68-78-66(74)48-27-16-13-17-28-48/h12-17,20-21,24-29,32-39,42-45H,4-11,18-19,22-23,30-31,40-41H2,1-3H3/b67-58-,68-59+. The molecule has 0 saturated carbocycles. The van der Waals surface area contributed by atoms with Crippen LogP contribution in [0.25, 0.3) is 43.6 Å². The SMILES string of the molecule is CCCCCC/C(=N/OC(=O)c1ccccc1)c1ccc2c(c1)c1cc(C(=O)c3ccccc3C)ccc1n2CCCCCCn1c2ccc(/C(CCCCCC)=N/OC(=O)c3ccccc3)cc2c2cc([N+](=O)[O-])ccc21. The summed E-state index contributed by atoms with van der Waals surface area (Å²) in [6.45, 7) is 7.76. The van der Waals surface area contributed by atoms with Crippen molar-refractivity contribution < 1.29 is 29.0 Å². The molecule has 398 valence electrons. The lowest BCUT2D eigenvalue weighted by atomic mass is 9.97. The fourth-order valence-corrected chi connectivity index (χ4v) is 10.5. The van der Waals surface area contributed by atoms with Gasteiger partial charge in [0.25, 0.3) is 5.69 Å². The normalized spacial score (nSPS) is 12.0. The molecule has 0 aliphatic heterocycles. The van der Waals surface area contributed by atoms with Gasteiger partial charge in [-0.2, -0.15) is 0 Å². The number of carbonyl (C=O) groups is 3. The first-order valence-electron chi connectivity index (χ1n) is 27.7. The van der Waals surface area contributed by atoms with Crippen molar-refractivity contribution in [3.63, 3.8) is 0 Å². The predicted octanol–water partition coefficient (Wildman–Crippen LogP) is 16.7. The summed E-state index contributed by atoms with van der Waals surface area (Å²) in [7, 11) is 0. The minimum absolute atomic E-state index is 0.0212. The van der Waals surface area contributed by atoms with Crippen LogP contribution in [0, 0.1) is 17.0 Å². The van der Waals surface area contributed by atoms with E-state index in [-0.39, 0.29) is 16.4 Å². The molecular formula is C66H67N5O7. The number of nitro benzene ring substituents is 1. The highest BCUT2D eigenvalue weighted by Crippen LogP contribution is 2.35. The van der Waals surface area contributed by atoms with Crippen LogP contribution in [0.5, 0.6) is 0 Å². The third kappa shape index (κ3) is 12.7. The van der Waals surface area contributed by atoms with Crippen molar-refractivity contribution in [1.29, 1.82) is 0 Å². The number of hydrogen-bond donors (Lipinski definition) is 0. The largest absolute Gasteiger partial charge is 0.365 e. The van der Waals surface area contributed by atoms with E-state index >= 15 is 0 Å². The van der Waals surface area contributed by atoms with Crippen molar-refractivity contribution >= 4 is 78.4 Å². The quantitative estimate of drug-likeness (QED) is 0.0131. The number of nitro groups is 1. The van der Waals surface area contributed by atoms with Gasteiger partial charge in [-0.25, -0.2) is 9.59 Å². The Morgan fingerprint density at radius 3 is 1.33 bits per heavy atom. The van der Waals surface area contributed by atoms with E-state index in [1.54, 1.807) is 60.7 Å². The number of aryl methyl sites for hydroxylation is 3. The molecule has 0 radical (unpaired) electrons. The molecule has 7 aromatic carbocycles. The van der Waals surface area contributed by atoms with Crippen LogP contribution in [-0.2, 0) is 22.8 Å². The number of ketones is 1. The molecule has 0 fully saturated rings. The number of benzene rings is 7. The third-order valence-electron chi connectivity index (χ3n) is 14.8. The summed E-state index contributed by atoms with van der Waals surface area (Å²) < 4.78 is 4.61. The molecule has 9 rings (SSSR count). The topological polar surface area (TPSA) is 147 Å². The Kier molecular flexibility index (Phi) is 18.1. The Hall–Kier alpha value is -8.51. The summed E-state index contributed by atoms with van der Waals surface area (Å²) in [6, 6.07) is 48.9. The average Bonchev–Trinajstić information content (AvgIpc) is 4.20. The minimum atomic E-state index is -0.533. The highest BCUT2D eigenvalue weighted by atomic mass is 16.7. The monoisotopic (exact) mass is 1040 g/mol. The summed E-state index contributed by atoms with van der Waals surface area (Å²) in [5.74, 6) is -1.07. The van der Waals surface area contributed by atoms with Crippen LogP contribution in [0.3, 0.4) is 0 Å². The summed E-state index contributed by atoms with van der Waals surface area (Å²) in [4.78, 5) is 63.0. The number of nitrogens with zero attached hydrogens (tertiary/aromatic N) is 5. The number of aromatic nitrogens is 2. The second-order valence-electron chi connectivity index (χ2n) is 20.2. The molecular weight excluding hydrogens is 975 g/mol. The van der Waals surface area contributed by atoms with Crippen LogP contribution in [-0.4, -0.2) is 43.2 Å². The molecule has 0 aliphatic rings. The molecule has 0 saturated heterocycles. The van der Waals surface area contributed by atoms with E-state index in [1.807, 2.05) is 73.7 Å². The first kappa shape index (κ1) is 54.3. The van der Waals surface area contributed by atoms with Crippen LogP contribution in [0.4, 0.5) is 5.69 Å². The Morgan fingerprint density at radius 1 is 0.462 bits per heavy atom. The molecule has 0 spiro atoms. The van der Waals surface area contributed by atoms with Crippen molar-refractivity contribution in [2.24, 2.45) is 10.3 Å². The van der Waals surface area contributed by atoms with Crippen LogP contribution >= 0.6 is 0 Å². The Bertz CT molecular complexity index is 3670. The van der Waals surface area contributed by atoms with Crippen molar-refractivity contribution in [3.05, 3.63) is 207 Å². The van der Waals surface area contributed by atoms with Gasteiger partial charge in [0.05, 0.1) is 27.5 Å². The Labute approximate surface area is 455 Å². The van der Waals surface area contributed by atoms with Gasteiger partial charge < -0.3 is 18.8 Å². The zero-order chi connectivity index (χ0) is 54.4. The van der Waals surface area contributed by atoms with Crippen LogP contribution in [0.1, 0.15) is 157 Å². The number of rotatable bonds is 26. The van der Waals surface area contributed by atoms with Gasteiger partial charge in [0, 0.05) is 91.1 Å². The molecule has 0 atom stereocenters. The second-order valence-corrected chi connectivity index (χ2v) is 20.2. The molecule has 78 heavy (non-hydrogen) atoms. The first-order valence-corrected chi connectivity index (χ1v) is 27.7. The minimum Gasteiger partial charge on any atom is -0.340 e. The molecule has 0 amide bonds. The van der Waals surface area contributed by atoms with E-state index in [4.69, 9.17) is 9.68 Å². The number of fused-ring (bicyclic) bond motifs is 6. The maximum Gasteiger partial charge on any atom is 0.365 e. The van der Waals surface area contributed by atoms with Crippen LogP contribution in [0.2, 0.25) is 0 Å². The van der Waals surface area contributed by atoms with Gasteiger partial charge in [0.1, 0.15) is 0 Å². The smallest absolute Gasteiger partial charge is 0.340 e. The second kappa shape index (κ2) is 26.0. The van der Waals surface area contributed by atoms with Gasteiger partial charge in [-0.15, -0.1) is 0 Å². The highest BCUT2D eigenvalue weighted by Gasteiger charge is 2.21. The fraction of sp³-hybridized carbons (Fsp3) is 0.288. The molecule has 12 nitrogen and oxygen atoms in total. The third-order valence-corrected chi connectivity index (χ3v) is 14.8. The van der Waals surface area contributed by atoms with Gasteiger partial charge >= 0.3 is 11.9 Å². The maximum absolute atomic E-state index is 14.1. The first-order chi connectivity index (χ1) is 38.1. The number of oxime groups is 2. The molecule has 9 aromatic rings. The summed E-state index contributed by atoms with van der Waals surface area (Å²) >= 11 is 0. The molecule has 0 bridgehead atoms. The lowest BCUT2D eigenvalue weighted by Crippen LogP contribution is -2.07. The number of carbonyl (C=O) groups excluding carboxylic acids is 3. The van der Waals surface area contributed by atoms with E-state index in [2.05, 4.69) is 63.6 Å². The molecule has 0 unspecified atom stereocenters. The van der Waals surface area contributed by atoms with E-state index in [1.165, 1.54) is 0 Å². The molecule has 0 N–H and O–H groups in total. The van der Waals surface area contributed by atoms with Gasteiger partial charge in [-0.1, -0.05) is 148 Å². The lowest BCUT2D eigenvalue weighted by Gasteiger charge is -2.11. The Morgan fingerprint density at radius 2 is 0.872 bits per heavy atom. The van der Waals surface area contributed by atoms with E-state index in [9.17, 15) is 24.5 Å². The zero-order valence-corrected chi connectivity index (χ0v) is 44.9. The number of non-ortho nitro benzene ring substituents is 1. The van der Waals surface area contributed by atoms with E-state index < -0.39 is 11.9 Å². The maximum atomic E-state index is 14.1. The van der Waals surface area contributed by atoms with Gasteiger partial charge in [-0.05, 0) is 124 Å².